The maximum Gasteiger partial charge on any atom is 0.251 e. The zero-order valence-electron chi connectivity index (χ0n) is 25.6. The van der Waals surface area contributed by atoms with E-state index in [-0.39, 0.29) is 16.8 Å². The van der Waals surface area contributed by atoms with E-state index in [0.717, 1.165) is 5.75 Å². The minimum absolute atomic E-state index is 0.0185. The van der Waals surface area contributed by atoms with Gasteiger partial charge in [0.25, 0.3) is 5.79 Å². The van der Waals surface area contributed by atoms with Crippen LogP contribution >= 0.6 is 0 Å². The van der Waals surface area contributed by atoms with Crippen molar-refractivity contribution in [1.82, 2.24) is 0 Å². The van der Waals surface area contributed by atoms with Crippen LogP contribution in [0, 0.1) is 5.41 Å². The predicted octanol–water partition coefficient (Wildman–Crippen LogP) is 9.85. The highest BCUT2D eigenvalue weighted by atomic mass is 16.7. The molecule has 0 spiro atoms. The molecule has 0 heterocycles. The van der Waals surface area contributed by atoms with Crippen molar-refractivity contribution in [1.29, 1.82) is 0 Å². The number of ketones is 1. The molecular formula is C36H50O3. The summed E-state index contributed by atoms with van der Waals surface area (Å²) in [7, 11) is 0. The van der Waals surface area contributed by atoms with E-state index in [1.165, 1.54) is 61.8 Å². The van der Waals surface area contributed by atoms with Crippen molar-refractivity contribution in [3.05, 3.63) is 96.6 Å². The summed E-state index contributed by atoms with van der Waals surface area (Å²) in [6, 6.07) is 17.6. The summed E-state index contributed by atoms with van der Waals surface area (Å²) in [6.45, 7) is 23.5. The molecule has 0 aliphatic heterocycles. The lowest BCUT2D eigenvalue weighted by atomic mass is 9.65. The second kappa shape index (κ2) is 13.4. The van der Waals surface area contributed by atoms with Gasteiger partial charge in [-0.25, -0.2) is 0 Å². The summed E-state index contributed by atoms with van der Waals surface area (Å²) in [5.41, 5.74) is 4.30. The van der Waals surface area contributed by atoms with Crippen molar-refractivity contribution < 1.29 is 14.3 Å². The fraction of sp³-hybridized carbons (Fsp3) is 0.472. The predicted molar refractivity (Wildman–Crippen MR) is 166 cm³/mol. The SMILES string of the molecule is C=CC(C)=O.C=Cc1ccc(C2(c3ccc(OC4(OC(C)(C)C)C=C4)cc3)CCCCC2)cc1.CC(C)(C)C. The minimum Gasteiger partial charge on any atom is -0.455 e. The molecule has 3 heteroatoms. The Hall–Kier alpha value is -2.91. The average molecular weight is 531 g/mol. The molecule has 1 fully saturated rings. The van der Waals surface area contributed by atoms with Gasteiger partial charge in [-0.2, -0.15) is 0 Å². The van der Waals surface area contributed by atoms with Gasteiger partial charge in [-0.15, -0.1) is 0 Å². The number of rotatable bonds is 7. The lowest BCUT2D eigenvalue weighted by molar-refractivity contribution is -0.154. The highest BCUT2D eigenvalue weighted by molar-refractivity contribution is 5.86. The summed E-state index contributed by atoms with van der Waals surface area (Å²) in [5, 5.41) is 0. The Morgan fingerprint density at radius 3 is 1.59 bits per heavy atom. The van der Waals surface area contributed by atoms with Crippen LogP contribution < -0.4 is 4.74 Å². The third-order valence-electron chi connectivity index (χ3n) is 6.28. The van der Waals surface area contributed by atoms with Crippen LogP contribution in [-0.2, 0) is 14.9 Å². The van der Waals surface area contributed by atoms with E-state index in [4.69, 9.17) is 9.47 Å². The molecule has 2 aliphatic carbocycles. The van der Waals surface area contributed by atoms with E-state index >= 15 is 0 Å². The molecule has 39 heavy (non-hydrogen) atoms. The highest BCUT2D eigenvalue weighted by Gasteiger charge is 2.42. The van der Waals surface area contributed by atoms with Crippen LogP contribution in [0.25, 0.3) is 6.08 Å². The third kappa shape index (κ3) is 11.0. The molecule has 0 bridgehead atoms. The van der Waals surface area contributed by atoms with Crippen LogP contribution in [0.5, 0.6) is 5.75 Å². The molecule has 2 aliphatic rings. The van der Waals surface area contributed by atoms with Crippen LogP contribution in [-0.4, -0.2) is 17.2 Å². The van der Waals surface area contributed by atoms with Crippen LogP contribution in [0.1, 0.15) is 104 Å². The van der Waals surface area contributed by atoms with E-state index < -0.39 is 5.79 Å². The fourth-order valence-corrected chi connectivity index (χ4v) is 4.57. The molecule has 0 radical (unpaired) electrons. The Morgan fingerprint density at radius 1 is 0.795 bits per heavy atom. The van der Waals surface area contributed by atoms with E-state index in [1.807, 2.05) is 39.0 Å². The molecule has 1 saturated carbocycles. The molecule has 0 amide bonds. The Bertz CT molecular complexity index is 1090. The molecule has 0 atom stereocenters. The van der Waals surface area contributed by atoms with Gasteiger partial charge in [0.2, 0.25) is 0 Å². The second-order valence-corrected chi connectivity index (χ2v) is 13.2. The standard InChI is InChI=1S/C27H32O2.C5H12.C4H6O/c1-5-21-9-11-22(12-10-21)26(17-7-6-8-18-26)23-13-15-24(16-14-23)28-27(19-20-27)29-25(2,3)4;1-5(2,3)4;1-3-4(2)5/h5,9-16,19-20H,1,6-8,17-18H2,2-4H3;1-4H3;3H,1H2,2H3. The van der Waals surface area contributed by atoms with Crippen LogP contribution in [0.3, 0.4) is 0 Å². The van der Waals surface area contributed by atoms with Gasteiger partial charge in [-0.1, -0.05) is 103 Å². The van der Waals surface area contributed by atoms with Crippen LogP contribution in [0.2, 0.25) is 0 Å². The summed E-state index contributed by atoms with van der Waals surface area (Å²) in [5.74, 6) is 0.184. The summed E-state index contributed by atoms with van der Waals surface area (Å²) < 4.78 is 12.2. The second-order valence-electron chi connectivity index (χ2n) is 13.2. The van der Waals surface area contributed by atoms with Crippen molar-refractivity contribution in [3.63, 3.8) is 0 Å². The van der Waals surface area contributed by atoms with Crippen molar-refractivity contribution in [2.45, 2.75) is 104 Å². The zero-order valence-corrected chi connectivity index (χ0v) is 25.6. The molecule has 3 nitrogen and oxygen atoms in total. The van der Waals surface area contributed by atoms with Gasteiger partial charge in [0.15, 0.2) is 5.78 Å². The molecule has 0 aromatic heterocycles. The first-order valence-corrected chi connectivity index (χ1v) is 14.2. The van der Waals surface area contributed by atoms with Crippen molar-refractivity contribution >= 4 is 11.9 Å². The normalized spacial score (nSPS) is 16.9. The largest absolute Gasteiger partial charge is 0.455 e. The van der Waals surface area contributed by atoms with Crippen molar-refractivity contribution in [2.75, 3.05) is 0 Å². The van der Waals surface area contributed by atoms with Crippen LogP contribution in [0.4, 0.5) is 0 Å². The Labute approximate surface area is 238 Å². The smallest absolute Gasteiger partial charge is 0.251 e. The van der Waals surface area contributed by atoms with Gasteiger partial charge in [0, 0.05) is 5.41 Å². The zero-order chi connectivity index (χ0) is 29.3. The maximum absolute atomic E-state index is 9.69. The topological polar surface area (TPSA) is 35.5 Å². The summed E-state index contributed by atoms with van der Waals surface area (Å²) >= 11 is 0. The van der Waals surface area contributed by atoms with Gasteiger partial charge in [0.05, 0.1) is 5.60 Å². The molecule has 0 saturated heterocycles. The van der Waals surface area contributed by atoms with E-state index in [1.54, 1.807) is 0 Å². The quantitative estimate of drug-likeness (QED) is 0.203. The minimum atomic E-state index is -0.678. The van der Waals surface area contributed by atoms with Crippen molar-refractivity contribution in [3.8, 4) is 5.75 Å². The summed E-state index contributed by atoms with van der Waals surface area (Å²) in [6.07, 6.45) is 13.4. The first-order chi connectivity index (χ1) is 18.1. The Balaban J connectivity index is 0.000000458. The fourth-order valence-electron chi connectivity index (χ4n) is 4.57. The van der Waals surface area contributed by atoms with E-state index in [2.05, 4.69) is 89.4 Å². The third-order valence-corrected chi connectivity index (χ3v) is 6.28. The highest BCUT2D eigenvalue weighted by Crippen LogP contribution is 2.45. The van der Waals surface area contributed by atoms with Gasteiger partial charge in [-0.3, -0.25) is 4.79 Å². The molecule has 0 N–H and O–H groups in total. The van der Waals surface area contributed by atoms with Gasteiger partial charge in [0.1, 0.15) is 5.75 Å². The van der Waals surface area contributed by atoms with E-state index in [9.17, 15) is 4.79 Å². The number of carbonyl (C=O) groups excluding carboxylic acids is 1. The number of hydrogen-bond acceptors (Lipinski definition) is 3. The number of carbonyl (C=O) groups is 1. The molecular weight excluding hydrogens is 480 g/mol. The maximum atomic E-state index is 9.69. The average Bonchev–Trinajstić information content (AvgIpc) is 3.61. The first kappa shape index (κ1) is 32.3. The molecule has 2 aromatic rings. The molecule has 4 rings (SSSR count). The van der Waals surface area contributed by atoms with Crippen molar-refractivity contribution in [2.24, 2.45) is 5.41 Å². The van der Waals surface area contributed by atoms with Crippen LogP contribution in [0.15, 0.2) is 79.9 Å². The summed E-state index contributed by atoms with van der Waals surface area (Å²) in [4.78, 5) is 9.69. The van der Waals surface area contributed by atoms with Gasteiger partial charge >= 0.3 is 0 Å². The molecule has 2 aromatic carbocycles. The number of benzene rings is 2. The molecule has 212 valence electrons. The Morgan fingerprint density at radius 2 is 1.23 bits per heavy atom. The lowest BCUT2D eigenvalue weighted by Gasteiger charge is -2.39. The number of ether oxygens (including phenoxy) is 2. The van der Waals surface area contributed by atoms with Gasteiger partial charge in [-0.05, 0) is 93.0 Å². The number of allylic oxidation sites excluding steroid dienone is 1. The lowest BCUT2D eigenvalue weighted by Crippen LogP contribution is -2.34. The Kier molecular flexibility index (Phi) is 11.1. The first-order valence-electron chi connectivity index (χ1n) is 14.2. The number of hydrogen-bond donors (Lipinski definition) is 0. The molecule has 0 unspecified atom stereocenters. The monoisotopic (exact) mass is 530 g/mol. The van der Waals surface area contributed by atoms with Gasteiger partial charge < -0.3 is 9.47 Å². The van der Waals surface area contributed by atoms with E-state index in [0.29, 0.717) is 5.41 Å².